The third kappa shape index (κ3) is 4.48. The minimum atomic E-state index is 0. The molecule has 1 fully saturated rings. The number of hydrogen-bond acceptors (Lipinski definition) is 3. The first-order valence-electron chi connectivity index (χ1n) is 6.95. The first-order chi connectivity index (χ1) is 9.63. The van der Waals surface area contributed by atoms with Crippen molar-refractivity contribution >= 4 is 23.9 Å². The van der Waals surface area contributed by atoms with E-state index in [9.17, 15) is 4.79 Å². The van der Waals surface area contributed by atoms with Gasteiger partial charge >= 0.3 is 0 Å². The van der Waals surface area contributed by atoms with Crippen molar-refractivity contribution in [2.24, 2.45) is 11.7 Å². The molecule has 4 nitrogen and oxygen atoms in total. The predicted octanol–water partition coefficient (Wildman–Crippen LogP) is 2.33. The lowest BCUT2D eigenvalue weighted by Crippen LogP contribution is -2.28. The highest BCUT2D eigenvalue weighted by molar-refractivity contribution is 5.95. The molecule has 1 atom stereocenters. The van der Waals surface area contributed by atoms with Gasteiger partial charge in [0.1, 0.15) is 5.75 Å². The number of amides is 1. The van der Waals surface area contributed by atoms with Crippen LogP contribution in [0.5, 0.6) is 5.75 Å². The molecule has 0 radical (unpaired) electrons. The number of hydrogen-bond donors (Lipinski definition) is 1. The lowest BCUT2D eigenvalue weighted by atomic mass is 10.1. The quantitative estimate of drug-likeness (QED) is 0.868. The molecule has 0 spiro atoms. The van der Waals surface area contributed by atoms with Crippen molar-refractivity contribution in [3.63, 3.8) is 0 Å². The van der Waals surface area contributed by atoms with Gasteiger partial charge in [0.05, 0.1) is 7.11 Å². The number of rotatable bonds is 4. The van der Waals surface area contributed by atoms with Crippen LogP contribution in [0.4, 0.5) is 0 Å². The molecule has 1 saturated heterocycles. The molecule has 116 valence electrons. The number of methoxy groups -OCH3 is 1. The molecule has 0 saturated carbocycles. The first kappa shape index (κ1) is 17.5. The number of nitrogens with zero attached hydrogens (tertiary/aromatic N) is 1. The highest BCUT2D eigenvalue weighted by atomic mass is 35.5. The zero-order valence-electron chi connectivity index (χ0n) is 12.5. The summed E-state index contributed by atoms with van der Waals surface area (Å²) >= 11 is 0. The van der Waals surface area contributed by atoms with Crippen LogP contribution in [-0.4, -0.2) is 37.6 Å². The van der Waals surface area contributed by atoms with Crippen LogP contribution in [0.1, 0.15) is 18.9 Å². The third-order valence-electron chi connectivity index (χ3n) is 3.80. The Hall–Kier alpha value is -1.52. The summed E-state index contributed by atoms with van der Waals surface area (Å²) in [5, 5.41) is 0. The van der Waals surface area contributed by atoms with E-state index < -0.39 is 0 Å². The van der Waals surface area contributed by atoms with E-state index in [1.807, 2.05) is 36.1 Å². The Kier molecular flexibility index (Phi) is 6.72. The van der Waals surface area contributed by atoms with Crippen LogP contribution in [0, 0.1) is 5.92 Å². The van der Waals surface area contributed by atoms with Gasteiger partial charge in [0.15, 0.2) is 0 Å². The van der Waals surface area contributed by atoms with E-state index in [1.54, 1.807) is 13.2 Å². The second kappa shape index (κ2) is 8.05. The lowest BCUT2D eigenvalue weighted by molar-refractivity contribution is -0.125. The van der Waals surface area contributed by atoms with Gasteiger partial charge in [-0.05, 0) is 49.1 Å². The van der Waals surface area contributed by atoms with Crippen molar-refractivity contribution in [3.8, 4) is 5.75 Å². The SMILES string of the molecule is COc1cccc(C(C)=CC(=O)N2CCC(CN)C2)c1.Cl. The molecule has 2 rings (SSSR count). The van der Waals surface area contributed by atoms with E-state index in [0.717, 1.165) is 36.4 Å². The van der Waals surface area contributed by atoms with Crippen molar-refractivity contribution in [1.29, 1.82) is 0 Å². The number of benzene rings is 1. The fraction of sp³-hybridized carbons (Fsp3) is 0.438. The molecular weight excluding hydrogens is 288 g/mol. The standard InChI is InChI=1S/C16H22N2O2.ClH/c1-12(14-4-3-5-15(9-14)20-2)8-16(19)18-7-6-13(10-17)11-18;/h3-5,8-9,13H,6-7,10-11,17H2,1-2H3;1H. The van der Waals surface area contributed by atoms with Gasteiger partial charge in [0, 0.05) is 19.2 Å². The molecule has 1 aliphatic rings. The van der Waals surface area contributed by atoms with Crippen LogP contribution in [-0.2, 0) is 4.79 Å². The van der Waals surface area contributed by atoms with Crippen molar-refractivity contribution in [3.05, 3.63) is 35.9 Å². The van der Waals surface area contributed by atoms with Gasteiger partial charge in [-0.1, -0.05) is 12.1 Å². The van der Waals surface area contributed by atoms with Gasteiger partial charge in [-0.25, -0.2) is 0 Å². The molecular formula is C16H23ClN2O2. The smallest absolute Gasteiger partial charge is 0.246 e. The van der Waals surface area contributed by atoms with Gasteiger partial charge in [-0.15, -0.1) is 12.4 Å². The van der Waals surface area contributed by atoms with Crippen LogP contribution < -0.4 is 10.5 Å². The fourth-order valence-electron chi connectivity index (χ4n) is 2.45. The molecule has 21 heavy (non-hydrogen) atoms. The van der Waals surface area contributed by atoms with E-state index in [4.69, 9.17) is 10.5 Å². The van der Waals surface area contributed by atoms with Gasteiger partial charge < -0.3 is 15.4 Å². The number of nitrogens with two attached hydrogens (primary N) is 1. The average molecular weight is 311 g/mol. The second-order valence-corrected chi connectivity index (χ2v) is 5.23. The minimum Gasteiger partial charge on any atom is -0.497 e. The maximum Gasteiger partial charge on any atom is 0.246 e. The number of carbonyl (C=O) groups is 1. The molecule has 2 N–H and O–H groups in total. The number of ether oxygens (including phenoxy) is 1. The molecule has 1 aromatic rings. The van der Waals surface area contributed by atoms with Crippen molar-refractivity contribution in [1.82, 2.24) is 4.90 Å². The van der Waals surface area contributed by atoms with E-state index in [0.29, 0.717) is 12.5 Å². The zero-order valence-corrected chi connectivity index (χ0v) is 13.4. The summed E-state index contributed by atoms with van der Waals surface area (Å²) in [5.41, 5.74) is 7.61. The van der Waals surface area contributed by atoms with Crippen LogP contribution in [0.25, 0.3) is 5.57 Å². The van der Waals surface area contributed by atoms with E-state index in [2.05, 4.69) is 0 Å². The molecule has 0 bridgehead atoms. The maximum absolute atomic E-state index is 12.2. The maximum atomic E-state index is 12.2. The molecule has 5 heteroatoms. The Balaban J connectivity index is 0.00000220. The van der Waals surface area contributed by atoms with Crippen molar-refractivity contribution in [2.75, 3.05) is 26.7 Å². The van der Waals surface area contributed by atoms with Crippen molar-refractivity contribution in [2.45, 2.75) is 13.3 Å². The molecule has 1 aromatic carbocycles. The number of allylic oxidation sites excluding steroid dienone is 1. The van der Waals surface area contributed by atoms with Gasteiger partial charge in [0.2, 0.25) is 5.91 Å². The molecule has 1 aliphatic heterocycles. The van der Waals surface area contributed by atoms with E-state index in [-0.39, 0.29) is 18.3 Å². The Morgan fingerprint density at radius 1 is 1.52 bits per heavy atom. The molecule has 0 aromatic heterocycles. The van der Waals surface area contributed by atoms with Crippen LogP contribution in [0.15, 0.2) is 30.3 Å². The van der Waals surface area contributed by atoms with Gasteiger partial charge in [0.25, 0.3) is 0 Å². The fourth-order valence-corrected chi connectivity index (χ4v) is 2.45. The number of carbonyl (C=O) groups excluding carboxylic acids is 1. The topological polar surface area (TPSA) is 55.6 Å². The van der Waals surface area contributed by atoms with Gasteiger partial charge in [-0.2, -0.15) is 0 Å². The Bertz CT molecular complexity index is 517. The monoisotopic (exact) mass is 310 g/mol. The highest BCUT2D eigenvalue weighted by Crippen LogP contribution is 2.21. The summed E-state index contributed by atoms with van der Waals surface area (Å²) < 4.78 is 5.20. The second-order valence-electron chi connectivity index (χ2n) is 5.23. The van der Waals surface area contributed by atoms with Crippen LogP contribution in [0.3, 0.4) is 0 Å². The normalized spacial score (nSPS) is 18.3. The molecule has 0 aliphatic carbocycles. The van der Waals surface area contributed by atoms with E-state index >= 15 is 0 Å². The zero-order chi connectivity index (χ0) is 14.5. The van der Waals surface area contributed by atoms with Crippen LogP contribution >= 0.6 is 12.4 Å². The minimum absolute atomic E-state index is 0. The largest absolute Gasteiger partial charge is 0.497 e. The first-order valence-corrected chi connectivity index (χ1v) is 6.95. The summed E-state index contributed by atoms with van der Waals surface area (Å²) in [4.78, 5) is 14.1. The highest BCUT2D eigenvalue weighted by Gasteiger charge is 2.24. The lowest BCUT2D eigenvalue weighted by Gasteiger charge is -2.14. The molecule has 1 heterocycles. The Morgan fingerprint density at radius 2 is 2.29 bits per heavy atom. The number of likely N-dealkylation sites (tertiary alicyclic amines) is 1. The van der Waals surface area contributed by atoms with Gasteiger partial charge in [-0.3, -0.25) is 4.79 Å². The summed E-state index contributed by atoms with van der Waals surface area (Å²) in [6.45, 7) is 4.19. The summed E-state index contributed by atoms with van der Waals surface area (Å²) in [6.07, 6.45) is 2.71. The summed E-state index contributed by atoms with van der Waals surface area (Å²) in [6, 6.07) is 7.74. The molecule has 1 unspecified atom stereocenters. The summed E-state index contributed by atoms with van der Waals surface area (Å²) in [5.74, 6) is 1.32. The third-order valence-corrected chi connectivity index (χ3v) is 3.80. The summed E-state index contributed by atoms with van der Waals surface area (Å²) in [7, 11) is 1.64. The predicted molar refractivity (Wildman–Crippen MR) is 87.6 cm³/mol. The molecule has 1 amide bonds. The van der Waals surface area contributed by atoms with Crippen LogP contribution in [0.2, 0.25) is 0 Å². The van der Waals surface area contributed by atoms with Crippen molar-refractivity contribution < 1.29 is 9.53 Å². The Labute approximate surface area is 132 Å². The average Bonchev–Trinajstić information content (AvgIpc) is 2.96. The van der Waals surface area contributed by atoms with E-state index in [1.165, 1.54) is 0 Å². The Morgan fingerprint density at radius 3 is 2.90 bits per heavy atom. The number of halogens is 1.